The number of halogens is 2. The third kappa shape index (κ3) is 3.87. The second kappa shape index (κ2) is 8.40. The van der Waals surface area contributed by atoms with Gasteiger partial charge < -0.3 is 15.2 Å². The molecule has 10 nitrogen and oxygen atoms in total. The molecule has 162 valence electrons. The Morgan fingerprint density at radius 2 is 1.77 bits per heavy atom. The van der Waals surface area contributed by atoms with E-state index >= 15 is 0 Å². The molecular weight excluding hydrogens is 451 g/mol. The number of pyridine rings is 1. The zero-order chi connectivity index (χ0) is 23.0. The van der Waals surface area contributed by atoms with Crippen molar-refractivity contribution in [2.75, 3.05) is 26.5 Å². The molecule has 5 amide bonds. The van der Waals surface area contributed by atoms with Crippen molar-refractivity contribution in [2.45, 2.75) is 0 Å². The van der Waals surface area contributed by atoms with Gasteiger partial charge >= 0.3 is 6.03 Å². The lowest BCUT2D eigenvalue weighted by atomic mass is 10.0. The van der Waals surface area contributed by atoms with Crippen LogP contribution >= 0.6 is 23.2 Å². The van der Waals surface area contributed by atoms with Crippen LogP contribution in [-0.4, -0.2) is 64.8 Å². The standard InChI is InChI=1S/C19H16Cl2N4O6/c1-24-17(28)13(18(29)25(2)19(24)30)16(27)23-10-4-5-11(31-3)12(15(10)26)14-9(21)6-8(20)7-22-14/h4-7,13,26H,1-3H3,(H,23,27). The molecule has 1 aromatic heterocycles. The Morgan fingerprint density at radius 3 is 2.32 bits per heavy atom. The lowest BCUT2D eigenvalue weighted by molar-refractivity contribution is -0.151. The molecule has 0 aliphatic carbocycles. The number of benzene rings is 1. The van der Waals surface area contributed by atoms with Crippen molar-refractivity contribution in [3.8, 4) is 22.8 Å². The lowest BCUT2D eigenvalue weighted by Gasteiger charge is -2.32. The number of imide groups is 2. The maximum absolute atomic E-state index is 12.7. The summed E-state index contributed by atoms with van der Waals surface area (Å²) in [7, 11) is 3.68. The summed E-state index contributed by atoms with van der Waals surface area (Å²) in [6.45, 7) is 0. The van der Waals surface area contributed by atoms with E-state index in [1.54, 1.807) is 0 Å². The van der Waals surface area contributed by atoms with Gasteiger partial charge in [0.15, 0.2) is 11.7 Å². The first-order valence-corrected chi connectivity index (χ1v) is 9.45. The van der Waals surface area contributed by atoms with Crippen molar-refractivity contribution >= 4 is 52.6 Å². The number of aromatic nitrogens is 1. The molecule has 1 saturated heterocycles. The topological polar surface area (TPSA) is 129 Å². The van der Waals surface area contributed by atoms with Crippen molar-refractivity contribution in [2.24, 2.45) is 5.92 Å². The van der Waals surface area contributed by atoms with Gasteiger partial charge in [-0.15, -0.1) is 0 Å². The van der Waals surface area contributed by atoms with Gasteiger partial charge in [0.2, 0.25) is 5.91 Å². The number of ether oxygens (including phenoxy) is 1. The molecule has 0 bridgehead atoms. The van der Waals surface area contributed by atoms with Crippen LogP contribution in [0.3, 0.4) is 0 Å². The van der Waals surface area contributed by atoms with Crippen LogP contribution in [0.15, 0.2) is 24.4 Å². The minimum Gasteiger partial charge on any atom is -0.505 e. The normalized spacial score (nSPS) is 14.8. The summed E-state index contributed by atoms with van der Waals surface area (Å²) in [6.07, 6.45) is 1.31. The van der Waals surface area contributed by atoms with Crippen LogP contribution in [0.5, 0.6) is 11.5 Å². The van der Waals surface area contributed by atoms with Crippen LogP contribution in [0, 0.1) is 5.92 Å². The van der Waals surface area contributed by atoms with E-state index in [1.165, 1.54) is 31.5 Å². The summed E-state index contributed by atoms with van der Waals surface area (Å²) in [5.41, 5.74) is 0.0653. The van der Waals surface area contributed by atoms with E-state index in [0.717, 1.165) is 14.1 Å². The van der Waals surface area contributed by atoms with E-state index in [1.807, 2.05) is 0 Å². The number of carbonyl (C=O) groups excluding carboxylic acids is 4. The Balaban J connectivity index is 2.01. The first kappa shape index (κ1) is 22.3. The Hall–Kier alpha value is -3.37. The van der Waals surface area contributed by atoms with Gasteiger partial charge in [-0.2, -0.15) is 0 Å². The second-order valence-electron chi connectivity index (χ2n) is 6.52. The monoisotopic (exact) mass is 466 g/mol. The third-order valence-corrected chi connectivity index (χ3v) is 5.15. The van der Waals surface area contributed by atoms with E-state index < -0.39 is 35.4 Å². The first-order chi connectivity index (χ1) is 14.6. The highest BCUT2D eigenvalue weighted by atomic mass is 35.5. The average molecular weight is 467 g/mol. The van der Waals surface area contributed by atoms with Gasteiger partial charge in [0.25, 0.3) is 11.8 Å². The fraction of sp³-hybridized carbons (Fsp3) is 0.211. The van der Waals surface area contributed by atoms with Crippen LogP contribution < -0.4 is 10.1 Å². The molecule has 1 fully saturated rings. The van der Waals surface area contributed by atoms with Gasteiger partial charge in [0, 0.05) is 20.3 Å². The number of aromatic hydroxyl groups is 1. The van der Waals surface area contributed by atoms with Crippen molar-refractivity contribution in [1.29, 1.82) is 0 Å². The molecule has 3 rings (SSSR count). The Morgan fingerprint density at radius 1 is 1.16 bits per heavy atom. The van der Waals surface area contributed by atoms with Gasteiger partial charge in [-0.3, -0.25) is 29.2 Å². The van der Waals surface area contributed by atoms with Crippen LogP contribution in [-0.2, 0) is 14.4 Å². The van der Waals surface area contributed by atoms with Crippen LogP contribution in [0.1, 0.15) is 0 Å². The molecule has 0 saturated carbocycles. The van der Waals surface area contributed by atoms with Gasteiger partial charge in [-0.05, 0) is 18.2 Å². The molecule has 0 radical (unpaired) electrons. The van der Waals surface area contributed by atoms with Crippen LogP contribution in [0.2, 0.25) is 10.0 Å². The highest BCUT2D eigenvalue weighted by Crippen LogP contribution is 2.44. The third-order valence-electron chi connectivity index (χ3n) is 4.65. The quantitative estimate of drug-likeness (QED) is 0.522. The number of phenols is 1. The van der Waals surface area contributed by atoms with E-state index in [-0.39, 0.29) is 32.7 Å². The summed E-state index contributed by atoms with van der Waals surface area (Å²) in [6, 6.07) is 3.31. The SMILES string of the molecule is COc1ccc(NC(=O)C2C(=O)N(C)C(=O)N(C)C2=O)c(O)c1-c1ncc(Cl)cc1Cl. The lowest BCUT2D eigenvalue weighted by Crippen LogP contribution is -2.59. The Bertz CT molecular complexity index is 1100. The molecule has 1 aromatic carbocycles. The molecule has 1 aliphatic rings. The van der Waals surface area contributed by atoms with Gasteiger partial charge in [0.05, 0.1) is 34.1 Å². The van der Waals surface area contributed by atoms with E-state index in [2.05, 4.69) is 10.3 Å². The summed E-state index contributed by atoms with van der Waals surface area (Å²) >= 11 is 12.1. The number of phenolic OH excluding ortho intramolecular Hbond substituents is 1. The Labute approximate surface area is 186 Å². The fourth-order valence-electron chi connectivity index (χ4n) is 3.01. The number of barbiturate groups is 1. The van der Waals surface area contributed by atoms with Crippen molar-refractivity contribution in [3.63, 3.8) is 0 Å². The predicted octanol–water partition coefficient (Wildman–Crippen LogP) is 2.37. The van der Waals surface area contributed by atoms with Gasteiger partial charge in [-0.25, -0.2) is 4.79 Å². The zero-order valence-corrected chi connectivity index (χ0v) is 18.0. The fourth-order valence-corrected chi connectivity index (χ4v) is 3.48. The number of hydrogen-bond acceptors (Lipinski definition) is 7. The van der Waals surface area contributed by atoms with E-state index in [9.17, 15) is 24.3 Å². The highest BCUT2D eigenvalue weighted by molar-refractivity contribution is 6.36. The molecule has 1 aliphatic heterocycles. The molecular formula is C19H16Cl2N4O6. The van der Waals surface area contributed by atoms with Gasteiger partial charge in [0.1, 0.15) is 5.75 Å². The van der Waals surface area contributed by atoms with Gasteiger partial charge in [-0.1, -0.05) is 23.2 Å². The smallest absolute Gasteiger partial charge is 0.332 e. The Kier molecular flexibility index (Phi) is 6.05. The number of nitrogens with one attached hydrogen (secondary N) is 1. The summed E-state index contributed by atoms with van der Waals surface area (Å²) < 4.78 is 5.25. The molecule has 31 heavy (non-hydrogen) atoms. The summed E-state index contributed by atoms with van der Waals surface area (Å²) in [4.78, 5) is 54.7. The summed E-state index contributed by atoms with van der Waals surface area (Å²) in [5.74, 6) is -5.06. The second-order valence-corrected chi connectivity index (χ2v) is 7.37. The van der Waals surface area contributed by atoms with Crippen LogP contribution in [0.25, 0.3) is 11.3 Å². The molecule has 2 heterocycles. The van der Waals surface area contributed by atoms with Crippen molar-refractivity contribution in [1.82, 2.24) is 14.8 Å². The maximum atomic E-state index is 12.7. The molecule has 0 spiro atoms. The molecule has 2 aromatic rings. The number of hydrogen-bond donors (Lipinski definition) is 2. The summed E-state index contributed by atoms with van der Waals surface area (Å²) in [5, 5.41) is 13.5. The van der Waals surface area contributed by atoms with Crippen molar-refractivity contribution < 1.29 is 29.0 Å². The maximum Gasteiger partial charge on any atom is 0.332 e. The zero-order valence-electron chi connectivity index (χ0n) is 16.5. The first-order valence-electron chi connectivity index (χ1n) is 8.69. The number of nitrogens with zero attached hydrogens (tertiary/aromatic N) is 3. The largest absolute Gasteiger partial charge is 0.505 e. The number of urea groups is 1. The highest BCUT2D eigenvalue weighted by Gasteiger charge is 2.46. The number of amides is 5. The number of rotatable bonds is 4. The van der Waals surface area contributed by atoms with Crippen molar-refractivity contribution in [3.05, 3.63) is 34.4 Å². The molecule has 12 heteroatoms. The molecule has 0 atom stereocenters. The minimum atomic E-state index is -1.80. The molecule has 2 N–H and O–H groups in total. The average Bonchev–Trinajstić information content (AvgIpc) is 2.73. The van der Waals surface area contributed by atoms with E-state index in [0.29, 0.717) is 9.80 Å². The van der Waals surface area contributed by atoms with E-state index in [4.69, 9.17) is 27.9 Å². The van der Waals surface area contributed by atoms with Crippen LogP contribution in [0.4, 0.5) is 10.5 Å². The predicted molar refractivity (Wildman–Crippen MR) is 111 cm³/mol. The minimum absolute atomic E-state index is 0.0627. The molecule has 0 unspecified atom stereocenters. The number of methoxy groups -OCH3 is 1. The number of anilines is 1. The number of carbonyl (C=O) groups is 4.